The zero-order valence-corrected chi connectivity index (χ0v) is 18.4. The van der Waals surface area contributed by atoms with Crippen LogP contribution in [0, 0.1) is 11.6 Å². The fourth-order valence-corrected chi connectivity index (χ4v) is 4.27. The highest BCUT2D eigenvalue weighted by molar-refractivity contribution is 7.99. The van der Waals surface area contributed by atoms with Crippen LogP contribution in [0.25, 0.3) is 10.9 Å². The highest BCUT2D eigenvalue weighted by Gasteiger charge is 2.14. The summed E-state index contributed by atoms with van der Waals surface area (Å²) in [4.78, 5) is 30.1. The summed E-state index contributed by atoms with van der Waals surface area (Å²) in [6, 6.07) is 20.0. The Balaban J connectivity index is 1.51. The minimum absolute atomic E-state index is 0.0831. The lowest BCUT2D eigenvalue weighted by Gasteiger charge is -2.13. The first kappa shape index (κ1) is 22.7. The van der Waals surface area contributed by atoms with Gasteiger partial charge in [0.05, 0.1) is 22.3 Å². The number of carbonyl (C=O) groups is 1. The van der Waals surface area contributed by atoms with Crippen LogP contribution in [0.2, 0.25) is 0 Å². The van der Waals surface area contributed by atoms with Crippen LogP contribution < -0.4 is 10.9 Å². The monoisotopic (exact) mass is 465 g/mol. The molecule has 0 bridgehead atoms. The van der Waals surface area contributed by atoms with E-state index in [0.717, 1.165) is 30.7 Å². The molecular weight excluding hydrogens is 444 g/mol. The fourth-order valence-electron chi connectivity index (χ4n) is 3.45. The molecule has 4 aromatic rings. The van der Waals surface area contributed by atoms with Gasteiger partial charge in [-0.2, -0.15) is 0 Å². The van der Waals surface area contributed by atoms with E-state index in [1.54, 1.807) is 28.8 Å². The van der Waals surface area contributed by atoms with Crippen molar-refractivity contribution in [1.29, 1.82) is 0 Å². The zero-order chi connectivity index (χ0) is 23.2. The molecule has 0 saturated heterocycles. The number of nitrogens with zero attached hydrogens (tertiary/aromatic N) is 2. The standard InChI is InChI=1S/C25H21F2N3O2S/c26-18-12-13-22(20(27)15-18)28-23(31)16-33-25-29-21-11-5-4-10-19(21)24(32)30(25)14-6-9-17-7-2-1-3-8-17/h1-5,7-8,10-13,15H,6,9,14,16H2,(H,28,31). The maximum absolute atomic E-state index is 13.8. The molecule has 1 aromatic heterocycles. The SMILES string of the molecule is O=C(CSc1nc2ccccc2c(=O)n1CCCc1ccccc1)Nc1ccc(F)cc1F. The van der Waals surface area contributed by atoms with Crippen molar-refractivity contribution in [3.63, 3.8) is 0 Å². The Kier molecular flexibility index (Phi) is 7.14. The molecule has 0 unspecified atom stereocenters. The first-order chi connectivity index (χ1) is 16.0. The number of benzene rings is 3. The number of aryl methyl sites for hydroxylation is 1. The quantitative estimate of drug-likeness (QED) is 0.293. The van der Waals surface area contributed by atoms with Crippen LogP contribution in [0.4, 0.5) is 14.5 Å². The van der Waals surface area contributed by atoms with Crippen molar-refractivity contribution in [1.82, 2.24) is 9.55 Å². The summed E-state index contributed by atoms with van der Waals surface area (Å²) in [5.74, 6) is -2.14. The van der Waals surface area contributed by atoms with E-state index in [9.17, 15) is 18.4 Å². The van der Waals surface area contributed by atoms with E-state index in [0.29, 0.717) is 28.7 Å². The van der Waals surface area contributed by atoms with E-state index in [2.05, 4.69) is 10.3 Å². The van der Waals surface area contributed by atoms with E-state index in [4.69, 9.17) is 0 Å². The Labute approximate surface area is 193 Å². The van der Waals surface area contributed by atoms with Gasteiger partial charge in [0, 0.05) is 12.6 Å². The van der Waals surface area contributed by atoms with Gasteiger partial charge in [-0.05, 0) is 42.7 Å². The van der Waals surface area contributed by atoms with Crippen molar-refractivity contribution in [2.45, 2.75) is 24.5 Å². The number of hydrogen-bond acceptors (Lipinski definition) is 4. The normalized spacial score (nSPS) is 11.0. The van der Waals surface area contributed by atoms with Crippen LogP contribution in [0.5, 0.6) is 0 Å². The number of para-hydroxylation sites is 1. The number of thioether (sulfide) groups is 1. The van der Waals surface area contributed by atoms with Crippen molar-refractivity contribution >= 4 is 34.3 Å². The molecule has 1 heterocycles. The van der Waals surface area contributed by atoms with Gasteiger partial charge in [0.15, 0.2) is 5.16 Å². The fraction of sp³-hybridized carbons (Fsp3) is 0.160. The number of amides is 1. The average Bonchev–Trinajstić information content (AvgIpc) is 2.82. The molecule has 0 spiro atoms. The molecule has 0 atom stereocenters. The third-order valence-electron chi connectivity index (χ3n) is 5.05. The van der Waals surface area contributed by atoms with E-state index in [-0.39, 0.29) is 17.0 Å². The smallest absolute Gasteiger partial charge is 0.262 e. The Bertz CT molecular complexity index is 1340. The lowest BCUT2D eigenvalue weighted by Crippen LogP contribution is -2.24. The van der Waals surface area contributed by atoms with Crippen LogP contribution in [-0.2, 0) is 17.8 Å². The molecule has 0 aliphatic rings. The molecule has 4 rings (SSSR count). The summed E-state index contributed by atoms with van der Waals surface area (Å²) >= 11 is 1.10. The highest BCUT2D eigenvalue weighted by atomic mass is 32.2. The number of fused-ring (bicyclic) bond motifs is 1. The minimum Gasteiger partial charge on any atom is -0.323 e. The van der Waals surface area contributed by atoms with E-state index >= 15 is 0 Å². The number of aromatic nitrogens is 2. The molecule has 168 valence electrons. The summed E-state index contributed by atoms with van der Waals surface area (Å²) in [6.45, 7) is 0.447. The highest BCUT2D eigenvalue weighted by Crippen LogP contribution is 2.20. The summed E-state index contributed by atoms with van der Waals surface area (Å²) in [5, 5.41) is 3.36. The number of rotatable bonds is 8. The molecule has 1 amide bonds. The maximum Gasteiger partial charge on any atom is 0.262 e. The van der Waals surface area contributed by atoms with Crippen molar-refractivity contribution in [3.05, 3.63) is 100 Å². The molecule has 5 nitrogen and oxygen atoms in total. The Hall–Kier alpha value is -3.52. The van der Waals surface area contributed by atoms with Gasteiger partial charge in [0.2, 0.25) is 5.91 Å². The van der Waals surface area contributed by atoms with Gasteiger partial charge >= 0.3 is 0 Å². The van der Waals surface area contributed by atoms with Crippen molar-refractivity contribution < 1.29 is 13.6 Å². The molecule has 0 saturated carbocycles. The van der Waals surface area contributed by atoms with Gasteiger partial charge in [0.1, 0.15) is 11.6 Å². The van der Waals surface area contributed by atoms with Gasteiger partial charge in [0.25, 0.3) is 5.56 Å². The molecule has 0 aliphatic heterocycles. The maximum atomic E-state index is 13.8. The largest absolute Gasteiger partial charge is 0.323 e. The van der Waals surface area contributed by atoms with E-state index < -0.39 is 17.5 Å². The molecule has 1 N–H and O–H groups in total. The van der Waals surface area contributed by atoms with Crippen LogP contribution in [0.1, 0.15) is 12.0 Å². The Morgan fingerprint density at radius 1 is 1.00 bits per heavy atom. The number of hydrogen-bond donors (Lipinski definition) is 1. The minimum atomic E-state index is -0.852. The molecule has 0 fully saturated rings. The zero-order valence-electron chi connectivity index (χ0n) is 17.6. The van der Waals surface area contributed by atoms with Crippen molar-refractivity contribution in [2.75, 3.05) is 11.1 Å². The van der Waals surface area contributed by atoms with E-state index in [1.165, 1.54) is 11.6 Å². The number of nitrogens with one attached hydrogen (secondary N) is 1. The second-order valence-electron chi connectivity index (χ2n) is 7.42. The predicted octanol–water partition coefficient (Wildman–Crippen LogP) is 5.04. The van der Waals surface area contributed by atoms with Crippen molar-refractivity contribution in [3.8, 4) is 0 Å². The summed E-state index contributed by atoms with van der Waals surface area (Å²) < 4.78 is 28.5. The number of carbonyl (C=O) groups excluding carboxylic acids is 1. The Morgan fingerprint density at radius 2 is 1.76 bits per heavy atom. The Morgan fingerprint density at radius 3 is 2.55 bits per heavy atom. The molecule has 0 aliphatic carbocycles. The molecule has 33 heavy (non-hydrogen) atoms. The third-order valence-corrected chi connectivity index (χ3v) is 6.03. The summed E-state index contributed by atoms with van der Waals surface area (Å²) in [6.07, 6.45) is 1.53. The summed E-state index contributed by atoms with van der Waals surface area (Å²) in [7, 11) is 0. The van der Waals surface area contributed by atoms with Crippen LogP contribution >= 0.6 is 11.8 Å². The van der Waals surface area contributed by atoms with Gasteiger partial charge in [-0.3, -0.25) is 14.2 Å². The second kappa shape index (κ2) is 10.4. The lowest BCUT2D eigenvalue weighted by molar-refractivity contribution is -0.113. The summed E-state index contributed by atoms with van der Waals surface area (Å²) in [5.41, 5.74) is 1.46. The first-order valence-corrected chi connectivity index (χ1v) is 11.4. The van der Waals surface area contributed by atoms with Gasteiger partial charge in [-0.15, -0.1) is 0 Å². The van der Waals surface area contributed by atoms with Crippen molar-refractivity contribution in [2.24, 2.45) is 0 Å². The number of halogens is 2. The second-order valence-corrected chi connectivity index (χ2v) is 8.36. The van der Waals surface area contributed by atoms with Crippen LogP contribution in [0.15, 0.2) is 82.7 Å². The molecular formula is C25H21F2N3O2S. The van der Waals surface area contributed by atoms with Crippen LogP contribution in [-0.4, -0.2) is 21.2 Å². The molecule has 0 radical (unpaired) electrons. The number of anilines is 1. The van der Waals surface area contributed by atoms with Gasteiger partial charge < -0.3 is 5.32 Å². The first-order valence-electron chi connectivity index (χ1n) is 10.4. The third kappa shape index (κ3) is 5.64. The molecule has 8 heteroatoms. The van der Waals surface area contributed by atoms with Gasteiger partial charge in [-0.1, -0.05) is 54.2 Å². The predicted molar refractivity (Wildman–Crippen MR) is 126 cm³/mol. The average molecular weight is 466 g/mol. The van der Waals surface area contributed by atoms with E-state index in [1.807, 2.05) is 30.3 Å². The lowest BCUT2D eigenvalue weighted by atomic mass is 10.1. The van der Waals surface area contributed by atoms with Gasteiger partial charge in [-0.25, -0.2) is 13.8 Å². The molecule has 3 aromatic carbocycles. The van der Waals surface area contributed by atoms with Crippen LogP contribution in [0.3, 0.4) is 0 Å². The topological polar surface area (TPSA) is 64.0 Å².